The maximum atomic E-state index is 11.0. The Morgan fingerprint density at radius 2 is 1.89 bits per heavy atom. The van der Waals surface area contributed by atoms with Crippen molar-refractivity contribution >= 4 is 12.0 Å². The molecule has 0 aliphatic carbocycles. The van der Waals surface area contributed by atoms with E-state index in [1.54, 1.807) is 6.08 Å². The fourth-order valence-electron chi connectivity index (χ4n) is 1.55. The first-order valence-electron chi connectivity index (χ1n) is 6.09. The van der Waals surface area contributed by atoms with Crippen LogP contribution in [-0.2, 0) is 4.79 Å². The number of carboxylic acids is 1. The highest BCUT2D eigenvalue weighted by molar-refractivity contribution is 5.87. The van der Waals surface area contributed by atoms with Crippen molar-refractivity contribution in [2.75, 3.05) is 0 Å². The van der Waals surface area contributed by atoms with Crippen LogP contribution in [0.3, 0.4) is 0 Å². The molecule has 0 spiro atoms. The zero-order valence-electron chi connectivity index (χ0n) is 10.6. The van der Waals surface area contributed by atoms with Crippen molar-refractivity contribution in [1.29, 1.82) is 0 Å². The summed E-state index contributed by atoms with van der Waals surface area (Å²) in [6.07, 6.45) is 4.55. The lowest BCUT2D eigenvalue weighted by molar-refractivity contribution is -0.132. The summed E-state index contributed by atoms with van der Waals surface area (Å²) < 4.78 is 0. The van der Waals surface area contributed by atoms with Crippen LogP contribution in [0.2, 0.25) is 0 Å². The molecule has 0 unspecified atom stereocenters. The van der Waals surface area contributed by atoms with Crippen LogP contribution >= 0.6 is 0 Å². The Labute approximate surface area is 112 Å². The molecule has 3 N–H and O–H groups in total. The predicted molar refractivity (Wildman–Crippen MR) is 73.3 cm³/mol. The fourth-order valence-corrected chi connectivity index (χ4v) is 1.55. The van der Waals surface area contributed by atoms with Crippen molar-refractivity contribution in [3.05, 3.63) is 53.6 Å². The van der Waals surface area contributed by atoms with Crippen molar-refractivity contribution < 1.29 is 20.1 Å². The van der Waals surface area contributed by atoms with Gasteiger partial charge >= 0.3 is 5.97 Å². The van der Waals surface area contributed by atoms with E-state index in [0.29, 0.717) is 12.8 Å². The smallest absolute Gasteiger partial charge is 0.331 e. The Hall–Kier alpha value is -1.91. The van der Waals surface area contributed by atoms with E-state index in [1.807, 2.05) is 36.4 Å². The second-order valence-electron chi connectivity index (χ2n) is 4.11. The van der Waals surface area contributed by atoms with Crippen LogP contribution in [0, 0.1) is 0 Å². The van der Waals surface area contributed by atoms with Crippen LogP contribution in [0.5, 0.6) is 0 Å². The molecule has 1 aromatic rings. The molecule has 0 amide bonds. The standard InChI is InChI=1S/C15H18O4/c16-14(17)11-5-10-13(15(18)19)9-4-8-12-6-2-1-3-7-12/h1-4,6-8,10,14,16-17H,5,9,11H2,(H,18,19). The van der Waals surface area contributed by atoms with Crippen molar-refractivity contribution in [2.45, 2.75) is 25.6 Å². The third-order valence-corrected chi connectivity index (χ3v) is 2.54. The van der Waals surface area contributed by atoms with Gasteiger partial charge in [0.25, 0.3) is 0 Å². The van der Waals surface area contributed by atoms with Gasteiger partial charge in [-0.15, -0.1) is 0 Å². The van der Waals surface area contributed by atoms with E-state index in [2.05, 4.69) is 0 Å². The highest BCUT2D eigenvalue weighted by Crippen LogP contribution is 2.09. The molecule has 4 nitrogen and oxygen atoms in total. The molecule has 0 bridgehead atoms. The number of hydrogen-bond acceptors (Lipinski definition) is 3. The Balaban J connectivity index is 2.55. The molecule has 0 aliphatic heterocycles. The van der Waals surface area contributed by atoms with Crippen LogP contribution in [0.15, 0.2) is 48.1 Å². The van der Waals surface area contributed by atoms with Crippen molar-refractivity contribution in [3.63, 3.8) is 0 Å². The highest BCUT2D eigenvalue weighted by atomic mass is 16.5. The summed E-state index contributed by atoms with van der Waals surface area (Å²) in [5, 5.41) is 26.4. The van der Waals surface area contributed by atoms with Gasteiger partial charge in [-0.05, 0) is 18.4 Å². The van der Waals surface area contributed by atoms with E-state index in [0.717, 1.165) is 5.56 Å². The van der Waals surface area contributed by atoms with E-state index >= 15 is 0 Å². The third-order valence-electron chi connectivity index (χ3n) is 2.54. The maximum absolute atomic E-state index is 11.0. The lowest BCUT2D eigenvalue weighted by Gasteiger charge is -2.01. The summed E-state index contributed by atoms with van der Waals surface area (Å²) in [5.74, 6) is -0.981. The molecule has 0 saturated carbocycles. The van der Waals surface area contributed by atoms with E-state index < -0.39 is 12.3 Å². The summed E-state index contributed by atoms with van der Waals surface area (Å²) in [5.41, 5.74) is 1.27. The van der Waals surface area contributed by atoms with E-state index in [9.17, 15) is 4.79 Å². The van der Waals surface area contributed by atoms with Crippen LogP contribution in [0.1, 0.15) is 24.8 Å². The molecule has 19 heavy (non-hydrogen) atoms. The summed E-state index contributed by atoms with van der Waals surface area (Å²) in [4.78, 5) is 11.0. The van der Waals surface area contributed by atoms with Gasteiger partial charge in [0.2, 0.25) is 0 Å². The molecule has 1 rings (SSSR count). The minimum absolute atomic E-state index is 0.138. The molecular formula is C15H18O4. The Bertz CT molecular complexity index is 446. The molecule has 0 radical (unpaired) electrons. The van der Waals surface area contributed by atoms with Crippen LogP contribution in [0.4, 0.5) is 0 Å². The molecule has 0 aromatic heterocycles. The number of hydrogen-bond donors (Lipinski definition) is 3. The molecule has 0 fully saturated rings. The molecule has 0 atom stereocenters. The lowest BCUT2D eigenvalue weighted by atomic mass is 10.1. The van der Waals surface area contributed by atoms with Gasteiger partial charge in [0.15, 0.2) is 6.29 Å². The van der Waals surface area contributed by atoms with Gasteiger partial charge < -0.3 is 15.3 Å². The molecule has 4 heteroatoms. The van der Waals surface area contributed by atoms with Crippen LogP contribution in [-0.4, -0.2) is 27.6 Å². The van der Waals surface area contributed by atoms with E-state index in [4.69, 9.17) is 15.3 Å². The minimum atomic E-state index is -1.40. The number of carbonyl (C=O) groups is 1. The summed E-state index contributed by atoms with van der Waals surface area (Å²) in [7, 11) is 0. The van der Waals surface area contributed by atoms with Crippen LogP contribution < -0.4 is 0 Å². The molecule has 1 aromatic carbocycles. The van der Waals surface area contributed by atoms with Gasteiger partial charge in [0, 0.05) is 12.0 Å². The second kappa shape index (κ2) is 8.24. The lowest BCUT2D eigenvalue weighted by Crippen LogP contribution is -2.04. The molecular weight excluding hydrogens is 244 g/mol. The number of benzene rings is 1. The molecule has 102 valence electrons. The van der Waals surface area contributed by atoms with Crippen molar-refractivity contribution in [3.8, 4) is 0 Å². The summed E-state index contributed by atoms with van der Waals surface area (Å²) >= 11 is 0. The van der Waals surface area contributed by atoms with E-state index in [1.165, 1.54) is 6.08 Å². The highest BCUT2D eigenvalue weighted by Gasteiger charge is 2.05. The quantitative estimate of drug-likeness (QED) is 0.520. The first-order valence-corrected chi connectivity index (χ1v) is 6.09. The molecule has 0 saturated heterocycles. The van der Waals surface area contributed by atoms with Gasteiger partial charge in [-0.1, -0.05) is 48.6 Å². The number of rotatable bonds is 7. The summed E-state index contributed by atoms with van der Waals surface area (Å²) in [6, 6.07) is 9.61. The maximum Gasteiger partial charge on any atom is 0.331 e. The average Bonchev–Trinajstić information content (AvgIpc) is 2.37. The third kappa shape index (κ3) is 6.55. The normalized spacial score (nSPS) is 12.3. The number of aliphatic hydroxyl groups is 2. The van der Waals surface area contributed by atoms with Gasteiger partial charge in [-0.2, -0.15) is 0 Å². The van der Waals surface area contributed by atoms with Gasteiger partial charge in [-0.25, -0.2) is 4.79 Å². The topological polar surface area (TPSA) is 77.8 Å². The summed E-state index contributed by atoms with van der Waals surface area (Å²) in [6.45, 7) is 0. The SMILES string of the molecule is O=C(O)C(=CCCC(O)O)CC=Cc1ccccc1. The predicted octanol–water partition coefficient (Wildman–Crippen LogP) is 2.19. The largest absolute Gasteiger partial charge is 0.478 e. The Kier molecular flexibility index (Phi) is 6.57. The second-order valence-corrected chi connectivity index (χ2v) is 4.11. The first-order chi connectivity index (χ1) is 9.09. The Morgan fingerprint density at radius 3 is 2.47 bits per heavy atom. The minimum Gasteiger partial charge on any atom is -0.478 e. The zero-order chi connectivity index (χ0) is 14.1. The van der Waals surface area contributed by atoms with Crippen LogP contribution in [0.25, 0.3) is 6.08 Å². The van der Waals surface area contributed by atoms with E-state index in [-0.39, 0.29) is 12.0 Å². The monoisotopic (exact) mass is 262 g/mol. The van der Waals surface area contributed by atoms with Gasteiger partial charge in [-0.3, -0.25) is 0 Å². The Morgan fingerprint density at radius 1 is 1.21 bits per heavy atom. The average molecular weight is 262 g/mol. The number of aliphatic hydroxyl groups excluding tert-OH is 1. The molecule has 0 aliphatic rings. The van der Waals surface area contributed by atoms with Gasteiger partial charge in [0.1, 0.15) is 0 Å². The number of aliphatic carboxylic acids is 1. The number of carboxylic acid groups (broad SMARTS) is 1. The number of allylic oxidation sites excluding steroid dienone is 2. The van der Waals surface area contributed by atoms with Crippen molar-refractivity contribution in [2.24, 2.45) is 0 Å². The fraction of sp³-hybridized carbons (Fsp3) is 0.267. The first kappa shape index (κ1) is 15.1. The van der Waals surface area contributed by atoms with Gasteiger partial charge in [0.05, 0.1) is 0 Å². The molecule has 0 heterocycles. The van der Waals surface area contributed by atoms with Crippen molar-refractivity contribution in [1.82, 2.24) is 0 Å². The zero-order valence-corrected chi connectivity index (χ0v) is 10.6.